The highest BCUT2D eigenvalue weighted by molar-refractivity contribution is 7.22. The van der Waals surface area contributed by atoms with Crippen molar-refractivity contribution in [1.29, 1.82) is 0 Å². The third-order valence-corrected chi connectivity index (χ3v) is 11.5. The number of nitrogen functional groups attached to an aromatic ring is 1. The second-order valence-corrected chi connectivity index (χ2v) is 15.0. The molecule has 51 heavy (non-hydrogen) atoms. The van der Waals surface area contributed by atoms with Gasteiger partial charge in [-0.1, -0.05) is 27.8 Å². The molecule has 2 aromatic heterocycles. The van der Waals surface area contributed by atoms with Crippen molar-refractivity contribution in [3.63, 3.8) is 0 Å². The van der Waals surface area contributed by atoms with Gasteiger partial charge >= 0.3 is 18.2 Å². The number of aromatic nitrogens is 3. The number of alkyl halides is 3. The average molecular weight is 749 g/mol. The van der Waals surface area contributed by atoms with Crippen LogP contribution < -0.4 is 15.4 Å². The van der Waals surface area contributed by atoms with Crippen molar-refractivity contribution >= 4 is 61.0 Å². The van der Waals surface area contributed by atoms with Crippen molar-refractivity contribution < 1.29 is 31.5 Å². The summed E-state index contributed by atoms with van der Waals surface area (Å²) >= 11 is 7.63. The Balaban J connectivity index is 1.22. The smallest absolute Gasteiger partial charge is 0.352 e. The number of urea groups is 1. The molecule has 4 aliphatic rings. The maximum atomic E-state index is 16.9. The Kier molecular flexibility index (Phi) is 8.26. The summed E-state index contributed by atoms with van der Waals surface area (Å²) < 4.78 is 83.7. The zero-order valence-electron chi connectivity index (χ0n) is 27.1. The van der Waals surface area contributed by atoms with Gasteiger partial charge in [-0.05, 0) is 37.6 Å². The molecule has 4 saturated heterocycles. The second-order valence-electron chi connectivity index (χ2n) is 13.6. The lowest BCUT2D eigenvalue weighted by Gasteiger charge is -2.35. The summed E-state index contributed by atoms with van der Waals surface area (Å²) in [4.78, 5) is 35.7. The molecule has 0 radical (unpaired) electrons. The first kappa shape index (κ1) is 33.9. The fraction of sp³-hybridized carbons (Fsp3) is 0.485. The number of nitrogens with two attached hydrogens (primary N) is 1. The van der Waals surface area contributed by atoms with Crippen LogP contribution in [-0.4, -0.2) is 112 Å². The molecule has 3 atom stereocenters. The molecule has 268 valence electrons. The normalized spacial score (nSPS) is 24.8. The Morgan fingerprint density at radius 3 is 2.73 bits per heavy atom. The number of amides is 2. The Labute approximate surface area is 297 Å². The number of hydrogen-bond acceptors (Lipinski definition) is 9. The molecule has 0 spiro atoms. The van der Waals surface area contributed by atoms with E-state index in [-0.39, 0.29) is 86.9 Å². The van der Waals surface area contributed by atoms with Gasteiger partial charge in [0.2, 0.25) is 0 Å². The van der Waals surface area contributed by atoms with Gasteiger partial charge in [-0.25, -0.2) is 31.7 Å². The van der Waals surface area contributed by atoms with Gasteiger partial charge in [-0.15, -0.1) is 0 Å². The van der Waals surface area contributed by atoms with E-state index in [1.165, 1.54) is 21.9 Å². The van der Waals surface area contributed by atoms with Crippen LogP contribution in [0, 0.1) is 18.2 Å². The predicted octanol–water partition coefficient (Wildman–Crippen LogP) is 6.25. The fourth-order valence-electron chi connectivity index (χ4n) is 7.84. The van der Waals surface area contributed by atoms with E-state index in [2.05, 4.69) is 19.8 Å². The van der Waals surface area contributed by atoms with Gasteiger partial charge < -0.3 is 20.3 Å². The molecular formula is C33H32ClF5N9O2S+. The van der Waals surface area contributed by atoms with E-state index < -0.39 is 54.6 Å². The highest BCUT2D eigenvalue weighted by Crippen LogP contribution is 2.44. The van der Waals surface area contributed by atoms with Crippen molar-refractivity contribution in [2.75, 3.05) is 63.1 Å². The number of carbonyl (C=O) groups is 1. The van der Waals surface area contributed by atoms with Gasteiger partial charge in [-0.2, -0.15) is 9.97 Å². The third-order valence-electron chi connectivity index (χ3n) is 10.3. The molecule has 4 aliphatic heterocycles. The third kappa shape index (κ3) is 5.81. The number of halogens is 6. The number of carbonyl (C=O) groups excluding carboxylic acids is 1. The lowest BCUT2D eigenvalue weighted by atomic mass is 9.95. The second kappa shape index (κ2) is 12.4. The monoisotopic (exact) mass is 748 g/mol. The molecule has 2 amide bonds. The van der Waals surface area contributed by atoms with Crippen LogP contribution in [0.15, 0.2) is 18.2 Å². The minimum absolute atomic E-state index is 0.00124. The Morgan fingerprint density at radius 2 is 1.96 bits per heavy atom. The molecule has 2 N–H and O–H groups in total. The summed E-state index contributed by atoms with van der Waals surface area (Å²) in [6, 6.07) is 2.92. The van der Waals surface area contributed by atoms with E-state index in [0.29, 0.717) is 25.9 Å². The lowest BCUT2D eigenvalue weighted by Crippen LogP contribution is -2.56. The topological polar surface area (TPSA) is 108 Å². The fourth-order valence-corrected chi connectivity index (χ4v) is 8.90. The summed E-state index contributed by atoms with van der Waals surface area (Å²) in [5.74, 6) is -5.04. The number of nitrogens with zero attached hydrogens (tertiary/aromatic N) is 8. The van der Waals surface area contributed by atoms with Crippen LogP contribution in [0.4, 0.5) is 37.7 Å². The van der Waals surface area contributed by atoms with Crippen LogP contribution >= 0.6 is 22.9 Å². The first-order valence-electron chi connectivity index (χ1n) is 16.5. The largest absolute Gasteiger partial charge is 0.461 e. The Hall–Kier alpha value is -4.27. The van der Waals surface area contributed by atoms with Gasteiger partial charge in [0, 0.05) is 49.1 Å². The molecule has 8 rings (SSSR count). The van der Waals surface area contributed by atoms with Crippen molar-refractivity contribution in [2.24, 2.45) is 0 Å². The number of thiazole rings is 1. The highest BCUT2D eigenvalue weighted by atomic mass is 35.5. The van der Waals surface area contributed by atoms with E-state index in [1.54, 1.807) is 0 Å². The molecule has 6 heterocycles. The van der Waals surface area contributed by atoms with E-state index >= 15 is 13.2 Å². The predicted molar refractivity (Wildman–Crippen MR) is 184 cm³/mol. The maximum absolute atomic E-state index is 16.9. The molecule has 0 unspecified atom stereocenters. The minimum Gasteiger partial charge on any atom is -0.461 e. The number of rotatable bonds is 5. The number of benzene rings is 2. The van der Waals surface area contributed by atoms with E-state index in [0.717, 1.165) is 28.7 Å². The van der Waals surface area contributed by atoms with Crippen molar-refractivity contribution in [3.8, 4) is 23.7 Å². The first-order chi connectivity index (χ1) is 24.4. The van der Waals surface area contributed by atoms with Crippen LogP contribution in [0.5, 0.6) is 6.01 Å². The average Bonchev–Trinajstić information content (AvgIpc) is 3.70. The molecule has 18 heteroatoms. The van der Waals surface area contributed by atoms with Gasteiger partial charge in [0.05, 0.1) is 40.3 Å². The number of hydrogen-bond donors (Lipinski definition) is 1. The van der Waals surface area contributed by atoms with E-state index in [4.69, 9.17) is 28.6 Å². The quantitative estimate of drug-likeness (QED) is 0.239. The molecule has 4 fully saturated rings. The zero-order valence-corrected chi connectivity index (χ0v) is 28.7. The molecule has 0 aliphatic carbocycles. The standard InChI is InChI=1S/C33H32ClF5N9O2S/c1-41-22-5-8-48(22)31(49)46-10-9-45(14-33(38,39)15-46)28-19-11-20(34)23(18-3-4-21(36)27-26(18)42-29(40)51-27)24(37)25(19)43-30(44-28)50-16-32-6-2-7-47(32)13-17(35)12-32/h1,3-4,11,17,22H,2,5-10,12-16H2,(H2,40,42)/q+1/t17-,22+,32+/m1/s1. The van der Waals surface area contributed by atoms with Crippen molar-refractivity contribution in [3.05, 3.63) is 39.7 Å². The summed E-state index contributed by atoms with van der Waals surface area (Å²) in [6.07, 6.45) is 0.687. The van der Waals surface area contributed by atoms with Crippen molar-refractivity contribution in [1.82, 2.24) is 29.7 Å². The number of likely N-dealkylation sites (tertiary alicyclic amines) is 1. The van der Waals surface area contributed by atoms with Crippen LogP contribution in [0.2, 0.25) is 5.02 Å². The summed E-state index contributed by atoms with van der Waals surface area (Å²) in [5.41, 5.74) is 5.07. The van der Waals surface area contributed by atoms with Gasteiger partial charge in [0.1, 0.15) is 29.9 Å². The van der Waals surface area contributed by atoms with E-state index in [9.17, 15) is 13.6 Å². The molecule has 2 aromatic carbocycles. The van der Waals surface area contributed by atoms with Gasteiger partial charge in [-0.3, -0.25) is 9.80 Å². The SMILES string of the molecule is C#[N+][C@@H]1CCN1C(=O)N1CCN(c2nc(OC[C@@]34CCCN3C[C@H](F)C4)nc3c(F)c(-c4ccc(F)c5sc(N)nc45)c(Cl)cc23)CC(F)(F)C1. The lowest BCUT2D eigenvalue weighted by molar-refractivity contribution is -0.0133. The van der Waals surface area contributed by atoms with Gasteiger partial charge in [0.25, 0.3) is 12.5 Å². The summed E-state index contributed by atoms with van der Waals surface area (Å²) in [6.45, 7) is 4.73. The highest BCUT2D eigenvalue weighted by Gasteiger charge is 2.50. The van der Waals surface area contributed by atoms with E-state index in [1.807, 2.05) is 4.90 Å². The van der Waals surface area contributed by atoms with Crippen LogP contribution in [-0.2, 0) is 0 Å². The molecule has 4 aromatic rings. The maximum Gasteiger partial charge on any atom is 0.352 e. The molecule has 0 bridgehead atoms. The number of fused-ring (bicyclic) bond motifs is 3. The van der Waals surface area contributed by atoms with Crippen LogP contribution in [0.3, 0.4) is 0 Å². The summed E-state index contributed by atoms with van der Waals surface area (Å²) in [7, 11) is 0. The van der Waals surface area contributed by atoms with Crippen LogP contribution in [0.1, 0.15) is 25.7 Å². The zero-order chi connectivity index (χ0) is 35.8. The number of anilines is 2. The minimum atomic E-state index is -3.42. The van der Waals surface area contributed by atoms with Crippen LogP contribution in [0.25, 0.3) is 37.1 Å². The molecule has 0 saturated carbocycles. The first-order valence-corrected chi connectivity index (χ1v) is 17.7. The van der Waals surface area contributed by atoms with Gasteiger partial charge in [0.15, 0.2) is 10.9 Å². The Bertz CT molecular complexity index is 2120. The van der Waals surface area contributed by atoms with Crippen molar-refractivity contribution in [2.45, 2.75) is 49.5 Å². The number of ether oxygens (including phenoxy) is 1. The summed E-state index contributed by atoms with van der Waals surface area (Å²) in [5, 5.41) is -0.0602. The molecule has 11 nitrogen and oxygen atoms in total. The molecular weight excluding hydrogens is 717 g/mol. The Morgan fingerprint density at radius 1 is 1.14 bits per heavy atom.